The van der Waals surface area contributed by atoms with E-state index in [1.807, 2.05) is 6.92 Å². The number of nitrogens with zero attached hydrogens (tertiary/aromatic N) is 4. The largest absolute Gasteiger partial charge is 0.463 e. The molecule has 11 heteroatoms. The molecule has 0 spiro atoms. The molecule has 0 radical (unpaired) electrons. The predicted octanol–water partition coefficient (Wildman–Crippen LogP) is 1.42. The molecule has 2 aliphatic heterocycles. The molecule has 2 saturated heterocycles. The Morgan fingerprint density at radius 2 is 2.12 bits per heavy atom. The second-order valence-electron chi connectivity index (χ2n) is 8.53. The second kappa shape index (κ2) is 8.88. The minimum atomic E-state index is -3.11. The lowest BCUT2D eigenvalue weighted by Gasteiger charge is -2.26. The van der Waals surface area contributed by atoms with Gasteiger partial charge in [0.2, 0.25) is 0 Å². The highest BCUT2D eigenvalue weighted by Gasteiger charge is 2.32. The molecule has 0 aromatic carbocycles. The van der Waals surface area contributed by atoms with Gasteiger partial charge in [-0.2, -0.15) is 5.10 Å². The van der Waals surface area contributed by atoms with Gasteiger partial charge in [-0.3, -0.25) is 9.69 Å². The smallest absolute Gasteiger partial charge is 0.252 e. The highest BCUT2D eigenvalue weighted by Crippen LogP contribution is 2.32. The van der Waals surface area contributed by atoms with Gasteiger partial charge in [-0.05, 0) is 31.5 Å². The first kappa shape index (κ1) is 22.1. The molecular formula is C22H27N5O5S. The van der Waals surface area contributed by atoms with Gasteiger partial charge in [-0.25, -0.2) is 18.1 Å². The van der Waals surface area contributed by atoms with E-state index in [0.29, 0.717) is 59.9 Å². The number of amides is 1. The molecule has 0 saturated carbocycles. The van der Waals surface area contributed by atoms with Crippen molar-refractivity contribution in [2.75, 3.05) is 50.9 Å². The van der Waals surface area contributed by atoms with Crippen molar-refractivity contribution in [3.05, 3.63) is 35.7 Å². The fourth-order valence-corrected chi connectivity index (χ4v) is 6.21. The Kier molecular flexibility index (Phi) is 5.94. The first-order chi connectivity index (χ1) is 15.9. The molecule has 0 aliphatic carbocycles. The summed E-state index contributed by atoms with van der Waals surface area (Å²) < 4.78 is 36.7. The SMILES string of the molecule is Cc1nn([C@@H]2CCS(=O)(=O)C2)c2nc(-c3ccco3)cc(C(=O)NCCN3CCOCC3)c12. The van der Waals surface area contributed by atoms with Gasteiger partial charge >= 0.3 is 0 Å². The summed E-state index contributed by atoms with van der Waals surface area (Å²) in [6.07, 6.45) is 2.03. The van der Waals surface area contributed by atoms with Crippen molar-refractivity contribution >= 4 is 26.8 Å². The van der Waals surface area contributed by atoms with Crippen LogP contribution >= 0.6 is 0 Å². The number of furan rings is 1. The molecule has 10 nitrogen and oxygen atoms in total. The van der Waals surface area contributed by atoms with E-state index in [1.54, 1.807) is 29.1 Å². The summed E-state index contributed by atoms with van der Waals surface area (Å²) in [7, 11) is -3.11. The minimum Gasteiger partial charge on any atom is -0.463 e. The summed E-state index contributed by atoms with van der Waals surface area (Å²) in [6, 6.07) is 4.95. The summed E-state index contributed by atoms with van der Waals surface area (Å²) in [5, 5.41) is 8.27. The first-order valence-corrected chi connectivity index (χ1v) is 13.0. The van der Waals surface area contributed by atoms with E-state index in [4.69, 9.17) is 14.1 Å². The molecule has 3 aromatic heterocycles. The molecule has 2 aliphatic rings. The number of hydrogen-bond acceptors (Lipinski definition) is 8. The van der Waals surface area contributed by atoms with Gasteiger partial charge in [0.25, 0.3) is 5.91 Å². The number of sulfone groups is 1. The Morgan fingerprint density at radius 3 is 2.82 bits per heavy atom. The van der Waals surface area contributed by atoms with Gasteiger partial charge in [0, 0.05) is 26.2 Å². The number of aryl methyl sites for hydroxylation is 1. The van der Waals surface area contributed by atoms with E-state index in [-0.39, 0.29) is 23.5 Å². The zero-order valence-corrected chi connectivity index (χ0v) is 19.3. The van der Waals surface area contributed by atoms with E-state index in [2.05, 4.69) is 15.3 Å². The fourth-order valence-electron chi connectivity index (χ4n) is 4.51. The molecule has 2 fully saturated rings. The maximum atomic E-state index is 13.3. The van der Waals surface area contributed by atoms with E-state index >= 15 is 0 Å². The molecule has 5 rings (SSSR count). The molecule has 5 heterocycles. The molecule has 0 bridgehead atoms. The monoisotopic (exact) mass is 473 g/mol. The predicted molar refractivity (Wildman–Crippen MR) is 122 cm³/mol. The molecular weight excluding hydrogens is 446 g/mol. The van der Waals surface area contributed by atoms with Gasteiger partial charge < -0.3 is 14.5 Å². The van der Waals surface area contributed by atoms with Crippen molar-refractivity contribution in [1.82, 2.24) is 25.0 Å². The standard InChI is InChI=1S/C22H27N5O5S/c1-15-20-17(22(28)23-5-6-26-7-10-31-11-8-26)13-18(19-3-2-9-32-19)24-21(20)27(25-15)16-4-12-33(29,30)14-16/h2-3,9,13,16H,4-8,10-12,14H2,1H3,(H,23,28)/t16-/m1/s1. The maximum Gasteiger partial charge on any atom is 0.252 e. The fraction of sp³-hybridized carbons (Fsp3) is 0.500. The van der Waals surface area contributed by atoms with Crippen molar-refractivity contribution < 1.29 is 22.4 Å². The molecule has 0 unspecified atom stereocenters. The van der Waals surface area contributed by atoms with Crippen LogP contribution in [0.3, 0.4) is 0 Å². The van der Waals surface area contributed by atoms with Crippen LogP contribution in [0.4, 0.5) is 0 Å². The maximum absolute atomic E-state index is 13.3. The Balaban J connectivity index is 1.49. The molecule has 3 aromatic rings. The van der Waals surface area contributed by atoms with Crippen LogP contribution in [0, 0.1) is 6.92 Å². The van der Waals surface area contributed by atoms with E-state index < -0.39 is 9.84 Å². The molecule has 1 atom stereocenters. The zero-order chi connectivity index (χ0) is 23.0. The summed E-state index contributed by atoms with van der Waals surface area (Å²) in [5.41, 5.74) is 2.11. The highest BCUT2D eigenvalue weighted by molar-refractivity contribution is 7.91. The Hall–Kier alpha value is -2.76. The average Bonchev–Trinajstić information content (AvgIpc) is 3.53. The number of hydrogen-bond donors (Lipinski definition) is 1. The molecule has 33 heavy (non-hydrogen) atoms. The highest BCUT2D eigenvalue weighted by atomic mass is 32.2. The van der Waals surface area contributed by atoms with Crippen molar-refractivity contribution in [2.45, 2.75) is 19.4 Å². The number of fused-ring (bicyclic) bond motifs is 1. The van der Waals surface area contributed by atoms with E-state index in [9.17, 15) is 13.2 Å². The topological polar surface area (TPSA) is 120 Å². The van der Waals surface area contributed by atoms with Crippen LogP contribution in [-0.2, 0) is 14.6 Å². The lowest BCUT2D eigenvalue weighted by atomic mass is 10.1. The quantitative estimate of drug-likeness (QED) is 0.571. The second-order valence-corrected chi connectivity index (χ2v) is 10.8. The summed E-state index contributed by atoms with van der Waals surface area (Å²) in [6.45, 7) is 6.20. The molecule has 1 N–H and O–H groups in total. The van der Waals surface area contributed by atoms with Crippen molar-refractivity contribution in [3.8, 4) is 11.5 Å². The summed E-state index contributed by atoms with van der Waals surface area (Å²) >= 11 is 0. The van der Waals surface area contributed by atoms with Gasteiger partial charge in [-0.1, -0.05) is 0 Å². The third kappa shape index (κ3) is 4.53. The van der Waals surface area contributed by atoms with E-state index in [0.717, 1.165) is 19.6 Å². The molecule has 1 amide bonds. The van der Waals surface area contributed by atoms with Crippen LogP contribution in [0.2, 0.25) is 0 Å². The van der Waals surface area contributed by atoms with Crippen molar-refractivity contribution in [3.63, 3.8) is 0 Å². The van der Waals surface area contributed by atoms with Crippen LogP contribution in [0.15, 0.2) is 28.9 Å². The van der Waals surface area contributed by atoms with Crippen LogP contribution in [0.25, 0.3) is 22.5 Å². The number of morpholine rings is 1. The van der Waals surface area contributed by atoms with Gasteiger partial charge in [0.1, 0.15) is 5.69 Å². The zero-order valence-electron chi connectivity index (χ0n) is 18.5. The Bertz CT molecular complexity index is 1260. The first-order valence-electron chi connectivity index (χ1n) is 11.1. The van der Waals surface area contributed by atoms with Crippen LogP contribution in [0.1, 0.15) is 28.5 Å². The summed E-state index contributed by atoms with van der Waals surface area (Å²) in [5.74, 6) is 0.468. The lowest BCUT2D eigenvalue weighted by Crippen LogP contribution is -2.41. The number of carbonyl (C=O) groups is 1. The van der Waals surface area contributed by atoms with Gasteiger partial charge in [-0.15, -0.1) is 0 Å². The number of nitrogens with one attached hydrogen (secondary N) is 1. The van der Waals surface area contributed by atoms with Gasteiger partial charge in [0.15, 0.2) is 21.2 Å². The third-order valence-corrected chi connectivity index (χ3v) is 7.98. The number of aromatic nitrogens is 3. The van der Waals surface area contributed by atoms with Crippen LogP contribution in [0.5, 0.6) is 0 Å². The number of pyridine rings is 1. The summed E-state index contributed by atoms with van der Waals surface area (Å²) in [4.78, 5) is 20.3. The van der Waals surface area contributed by atoms with Crippen molar-refractivity contribution in [2.24, 2.45) is 0 Å². The van der Waals surface area contributed by atoms with Gasteiger partial charge in [0.05, 0.1) is 53.7 Å². The Morgan fingerprint density at radius 1 is 1.30 bits per heavy atom. The number of ether oxygens (including phenoxy) is 1. The average molecular weight is 474 g/mol. The van der Waals surface area contributed by atoms with E-state index in [1.165, 1.54) is 0 Å². The minimum absolute atomic E-state index is 0.0248. The Labute approximate surface area is 191 Å². The van der Waals surface area contributed by atoms with Crippen LogP contribution < -0.4 is 5.32 Å². The lowest BCUT2D eigenvalue weighted by molar-refractivity contribution is 0.0383. The number of carbonyl (C=O) groups excluding carboxylic acids is 1. The normalized spacial score (nSPS) is 20.9. The van der Waals surface area contributed by atoms with Crippen LogP contribution in [-0.4, -0.2) is 84.9 Å². The third-order valence-electron chi connectivity index (χ3n) is 6.23. The van der Waals surface area contributed by atoms with Crippen molar-refractivity contribution in [1.29, 1.82) is 0 Å². The number of rotatable bonds is 6. The molecule has 176 valence electrons.